The molecule has 1 heterocycles. The minimum Gasteiger partial charge on any atom is -0.276 e. The summed E-state index contributed by atoms with van der Waals surface area (Å²) >= 11 is 12.0. The summed E-state index contributed by atoms with van der Waals surface area (Å²) in [5, 5.41) is 5.22. The first-order chi connectivity index (χ1) is 8.74. The van der Waals surface area contributed by atoms with Gasteiger partial charge in [0.05, 0.1) is 15.7 Å². The van der Waals surface area contributed by atoms with Crippen LogP contribution in [0.4, 0.5) is 5.69 Å². The van der Waals surface area contributed by atoms with Crippen molar-refractivity contribution in [1.82, 2.24) is 4.98 Å². The van der Waals surface area contributed by atoms with Crippen molar-refractivity contribution in [3.05, 3.63) is 34.6 Å². The minimum absolute atomic E-state index is 0.479. The third-order valence-electron chi connectivity index (χ3n) is 3.63. The average molecular weight is 282 g/mol. The summed E-state index contributed by atoms with van der Waals surface area (Å²) in [4.78, 5) is 3.90. The van der Waals surface area contributed by atoms with Gasteiger partial charge in [-0.25, -0.2) is 0 Å². The Morgan fingerprint density at radius 1 is 1.22 bits per heavy atom. The molecule has 0 aliphatic heterocycles. The smallest absolute Gasteiger partial charge is 0.0965 e. The average Bonchev–Trinajstić information content (AvgIpc) is 2.95. The van der Waals surface area contributed by atoms with Crippen LogP contribution in [-0.4, -0.2) is 11.2 Å². The van der Waals surface area contributed by atoms with Crippen molar-refractivity contribution in [1.29, 1.82) is 0 Å². The summed E-state index contributed by atoms with van der Waals surface area (Å²) in [7, 11) is 0. The molecule has 1 aromatic heterocycles. The molecule has 2 aliphatic rings. The number of hydrogen-bond acceptors (Lipinski definition) is 3. The fourth-order valence-electron chi connectivity index (χ4n) is 2.71. The molecular formula is C13H13Cl2N3. The van der Waals surface area contributed by atoms with E-state index in [0.717, 1.165) is 5.92 Å². The third kappa shape index (κ3) is 2.25. The van der Waals surface area contributed by atoms with Crippen LogP contribution in [0.25, 0.3) is 0 Å². The summed E-state index contributed by atoms with van der Waals surface area (Å²) in [6.45, 7) is 0. The third-order valence-corrected chi connectivity index (χ3v) is 4.20. The van der Waals surface area contributed by atoms with Crippen molar-refractivity contribution in [3.8, 4) is 0 Å². The van der Waals surface area contributed by atoms with Gasteiger partial charge in [-0.3, -0.25) is 10.4 Å². The standard InChI is InChI=1S/C13H13Cl2N3/c14-11-6-16-7-12(15)13(11)18-17-5-10-4-8-1-2-9(10)3-8/h1-2,5-10H,3-4H2,(H,16,18)/b17-5-/t8-,9-,10-/m1/s1. The van der Waals surface area contributed by atoms with Crippen LogP contribution in [0.1, 0.15) is 12.8 Å². The van der Waals surface area contributed by atoms with Crippen molar-refractivity contribution in [2.75, 3.05) is 5.43 Å². The fourth-order valence-corrected chi connectivity index (χ4v) is 3.16. The number of pyridine rings is 1. The molecule has 0 spiro atoms. The fraction of sp³-hybridized carbons (Fsp3) is 0.385. The van der Waals surface area contributed by atoms with Gasteiger partial charge < -0.3 is 0 Å². The number of nitrogens with one attached hydrogen (secondary N) is 1. The zero-order valence-corrected chi connectivity index (χ0v) is 11.2. The molecule has 1 N–H and O–H groups in total. The first kappa shape index (κ1) is 12.0. The molecule has 0 saturated heterocycles. The van der Waals surface area contributed by atoms with Crippen LogP contribution < -0.4 is 5.43 Å². The maximum Gasteiger partial charge on any atom is 0.0965 e. The highest BCUT2D eigenvalue weighted by molar-refractivity contribution is 6.38. The summed E-state index contributed by atoms with van der Waals surface area (Å²) in [5.41, 5.74) is 3.52. The van der Waals surface area contributed by atoms with E-state index in [1.54, 1.807) is 12.4 Å². The number of fused-ring (bicyclic) bond motifs is 2. The van der Waals surface area contributed by atoms with Crippen molar-refractivity contribution in [3.63, 3.8) is 0 Å². The number of rotatable bonds is 3. The largest absolute Gasteiger partial charge is 0.276 e. The second-order valence-corrected chi connectivity index (χ2v) is 5.63. The molecule has 0 aromatic carbocycles. The van der Waals surface area contributed by atoms with Gasteiger partial charge in [-0.1, -0.05) is 35.4 Å². The Kier molecular flexibility index (Phi) is 3.27. The number of hydrazone groups is 1. The number of nitrogens with zero attached hydrogens (tertiary/aromatic N) is 2. The van der Waals surface area contributed by atoms with Gasteiger partial charge in [-0.05, 0) is 24.7 Å². The zero-order valence-electron chi connectivity index (χ0n) is 9.68. The number of hydrogen-bond donors (Lipinski definition) is 1. The molecule has 2 bridgehead atoms. The monoisotopic (exact) mass is 281 g/mol. The molecule has 1 saturated carbocycles. The quantitative estimate of drug-likeness (QED) is 0.517. The summed E-state index contributed by atoms with van der Waals surface area (Å²) in [6, 6.07) is 0. The predicted molar refractivity (Wildman–Crippen MR) is 75.2 cm³/mol. The Bertz CT molecular complexity index is 493. The minimum atomic E-state index is 0.479. The van der Waals surface area contributed by atoms with Crippen molar-refractivity contribution < 1.29 is 0 Å². The maximum absolute atomic E-state index is 5.99. The number of anilines is 1. The van der Waals surface area contributed by atoms with Gasteiger partial charge in [-0.2, -0.15) is 5.10 Å². The lowest BCUT2D eigenvalue weighted by Gasteiger charge is -2.12. The molecule has 5 heteroatoms. The topological polar surface area (TPSA) is 37.3 Å². The number of aromatic nitrogens is 1. The second kappa shape index (κ2) is 4.90. The molecule has 0 amide bonds. The van der Waals surface area contributed by atoms with E-state index in [0.29, 0.717) is 27.6 Å². The first-order valence-electron chi connectivity index (χ1n) is 6.00. The molecule has 18 heavy (non-hydrogen) atoms. The van der Waals surface area contributed by atoms with Crippen LogP contribution in [-0.2, 0) is 0 Å². The van der Waals surface area contributed by atoms with Crippen LogP contribution in [0.2, 0.25) is 10.0 Å². The zero-order chi connectivity index (χ0) is 12.5. The number of allylic oxidation sites excluding steroid dienone is 2. The highest BCUT2D eigenvalue weighted by Gasteiger charge is 2.34. The summed E-state index contributed by atoms with van der Waals surface area (Å²) < 4.78 is 0. The van der Waals surface area contributed by atoms with Gasteiger partial charge in [0.1, 0.15) is 0 Å². The summed E-state index contributed by atoms with van der Waals surface area (Å²) in [6.07, 6.45) is 12.2. The van der Waals surface area contributed by atoms with Crippen molar-refractivity contribution in [2.45, 2.75) is 12.8 Å². The molecule has 0 radical (unpaired) electrons. The van der Waals surface area contributed by atoms with E-state index in [1.165, 1.54) is 12.8 Å². The van der Waals surface area contributed by atoms with E-state index >= 15 is 0 Å². The van der Waals surface area contributed by atoms with Crippen molar-refractivity contribution >= 4 is 35.1 Å². The predicted octanol–water partition coefficient (Wildman–Crippen LogP) is 4.00. The van der Waals surface area contributed by atoms with Gasteiger partial charge >= 0.3 is 0 Å². The van der Waals surface area contributed by atoms with E-state index < -0.39 is 0 Å². The molecule has 3 nitrogen and oxygen atoms in total. The Morgan fingerprint density at radius 3 is 2.61 bits per heavy atom. The van der Waals surface area contributed by atoms with Gasteiger partial charge in [0.2, 0.25) is 0 Å². The van der Waals surface area contributed by atoms with Crippen LogP contribution >= 0.6 is 23.2 Å². The Morgan fingerprint density at radius 2 is 2.00 bits per heavy atom. The van der Waals surface area contributed by atoms with E-state index in [-0.39, 0.29) is 0 Å². The molecule has 3 rings (SSSR count). The Hall–Kier alpha value is -1.06. The van der Waals surface area contributed by atoms with E-state index in [1.807, 2.05) is 6.21 Å². The lowest BCUT2D eigenvalue weighted by atomic mass is 9.95. The molecule has 2 aliphatic carbocycles. The molecule has 0 unspecified atom stereocenters. The molecule has 1 fully saturated rings. The van der Waals surface area contributed by atoms with E-state index in [9.17, 15) is 0 Å². The highest BCUT2D eigenvalue weighted by atomic mass is 35.5. The Balaban J connectivity index is 1.66. The van der Waals surface area contributed by atoms with Crippen LogP contribution in [0, 0.1) is 17.8 Å². The first-order valence-corrected chi connectivity index (χ1v) is 6.76. The molecule has 1 aromatic rings. The number of halogens is 2. The van der Waals surface area contributed by atoms with Gasteiger partial charge in [0.25, 0.3) is 0 Å². The molecule has 94 valence electrons. The Labute approximate surface area is 116 Å². The van der Waals surface area contributed by atoms with E-state index in [2.05, 4.69) is 27.7 Å². The lowest BCUT2D eigenvalue weighted by Crippen LogP contribution is -2.09. The second-order valence-electron chi connectivity index (χ2n) is 4.81. The van der Waals surface area contributed by atoms with Gasteiger partial charge in [0, 0.05) is 24.5 Å². The summed E-state index contributed by atoms with van der Waals surface area (Å²) in [5.74, 6) is 1.94. The molecular weight excluding hydrogens is 269 g/mol. The van der Waals surface area contributed by atoms with Crippen molar-refractivity contribution in [2.24, 2.45) is 22.9 Å². The normalized spacial score (nSPS) is 29.3. The maximum atomic E-state index is 5.99. The lowest BCUT2D eigenvalue weighted by molar-refractivity contribution is 0.594. The van der Waals surface area contributed by atoms with Gasteiger partial charge in [0.15, 0.2) is 0 Å². The van der Waals surface area contributed by atoms with Crippen LogP contribution in [0.3, 0.4) is 0 Å². The molecule has 3 atom stereocenters. The van der Waals surface area contributed by atoms with Gasteiger partial charge in [-0.15, -0.1) is 0 Å². The van der Waals surface area contributed by atoms with E-state index in [4.69, 9.17) is 23.2 Å². The van der Waals surface area contributed by atoms with Crippen LogP contribution in [0.5, 0.6) is 0 Å². The van der Waals surface area contributed by atoms with Crippen LogP contribution in [0.15, 0.2) is 29.6 Å². The SMILES string of the molecule is Clc1cncc(Cl)c1N/N=C\[C@H]1C[C@@H]2C=C[C@@H]1C2. The highest BCUT2D eigenvalue weighted by Crippen LogP contribution is 2.42.